The third-order valence-electron chi connectivity index (χ3n) is 4.74. The largest absolute Gasteiger partial charge is 0.444 e. The number of fused-ring (bicyclic) bond motifs is 4. The molecule has 1 N–H and O–H groups in total. The number of aromatic nitrogens is 2. The number of ether oxygens (including phenoxy) is 1. The van der Waals surface area contributed by atoms with Gasteiger partial charge in [-0.3, -0.25) is 9.69 Å². The van der Waals surface area contributed by atoms with Crippen LogP contribution < -0.4 is 5.56 Å². The van der Waals surface area contributed by atoms with Crippen LogP contribution in [0, 0.1) is 12.8 Å². The molecule has 0 spiro atoms. The zero-order valence-corrected chi connectivity index (χ0v) is 14.5. The van der Waals surface area contributed by atoms with Gasteiger partial charge in [0.1, 0.15) is 11.4 Å². The average Bonchev–Trinajstić information content (AvgIpc) is 2.41. The highest BCUT2D eigenvalue weighted by molar-refractivity contribution is 5.70. The van der Waals surface area contributed by atoms with Gasteiger partial charge in [0, 0.05) is 18.0 Å². The van der Waals surface area contributed by atoms with Crippen molar-refractivity contribution in [3.63, 3.8) is 0 Å². The zero-order valence-electron chi connectivity index (χ0n) is 14.5. The summed E-state index contributed by atoms with van der Waals surface area (Å²) < 4.78 is 5.61. The highest BCUT2D eigenvalue weighted by atomic mass is 16.6. The number of nitrogens with one attached hydrogen (secondary N) is 1. The van der Waals surface area contributed by atoms with Gasteiger partial charge in [-0.25, -0.2) is 9.78 Å². The van der Waals surface area contributed by atoms with Gasteiger partial charge in [0.2, 0.25) is 0 Å². The maximum absolute atomic E-state index is 12.7. The van der Waals surface area contributed by atoms with Crippen molar-refractivity contribution in [2.24, 2.45) is 5.92 Å². The summed E-state index contributed by atoms with van der Waals surface area (Å²) in [4.78, 5) is 34.2. The molecule has 1 aromatic heterocycles. The van der Waals surface area contributed by atoms with Gasteiger partial charge in [0.15, 0.2) is 0 Å². The fraction of sp³-hybridized carbons (Fsp3) is 0.706. The fourth-order valence-corrected chi connectivity index (χ4v) is 3.72. The second-order valence-electron chi connectivity index (χ2n) is 7.74. The highest BCUT2D eigenvalue weighted by Gasteiger charge is 2.46. The SMILES string of the molecule is Cc1nc2c(c(=O)[nH]1)C[C@@H]1[C@@H](C)CC[C@H]2N1C(=O)OC(C)(C)C. The summed E-state index contributed by atoms with van der Waals surface area (Å²) in [6.45, 7) is 9.52. The van der Waals surface area contributed by atoms with E-state index in [9.17, 15) is 9.59 Å². The first-order chi connectivity index (χ1) is 10.7. The van der Waals surface area contributed by atoms with Crippen LogP contribution >= 0.6 is 0 Å². The summed E-state index contributed by atoms with van der Waals surface area (Å²) in [5, 5.41) is 0. The Bertz CT molecular complexity index is 689. The van der Waals surface area contributed by atoms with E-state index < -0.39 is 5.60 Å². The molecule has 2 aliphatic rings. The first-order valence-electron chi connectivity index (χ1n) is 8.28. The average molecular weight is 319 g/mol. The number of rotatable bonds is 0. The number of aryl methyl sites for hydroxylation is 1. The van der Waals surface area contributed by atoms with Crippen LogP contribution in [0.4, 0.5) is 4.79 Å². The second kappa shape index (κ2) is 5.35. The van der Waals surface area contributed by atoms with E-state index in [0.29, 0.717) is 18.2 Å². The van der Waals surface area contributed by atoms with Gasteiger partial charge in [0.05, 0.1) is 11.7 Å². The Morgan fingerprint density at radius 1 is 1.35 bits per heavy atom. The number of amides is 1. The molecule has 1 fully saturated rings. The van der Waals surface area contributed by atoms with E-state index in [-0.39, 0.29) is 23.7 Å². The number of nitrogens with zero attached hydrogens (tertiary/aromatic N) is 2. The van der Waals surface area contributed by atoms with Crippen LogP contribution in [-0.4, -0.2) is 32.6 Å². The minimum atomic E-state index is -0.535. The molecule has 6 heteroatoms. The van der Waals surface area contributed by atoms with Crippen molar-refractivity contribution in [2.75, 3.05) is 0 Å². The maximum atomic E-state index is 12.7. The molecule has 3 rings (SSSR count). The third kappa shape index (κ3) is 2.86. The third-order valence-corrected chi connectivity index (χ3v) is 4.74. The Balaban J connectivity index is 2.04. The number of hydrogen-bond acceptors (Lipinski definition) is 4. The predicted octanol–water partition coefficient (Wildman–Crippen LogP) is 2.71. The van der Waals surface area contributed by atoms with Gasteiger partial charge >= 0.3 is 6.09 Å². The Morgan fingerprint density at radius 3 is 2.70 bits per heavy atom. The van der Waals surface area contributed by atoms with E-state index in [1.165, 1.54) is 0 Å². The zero-order chi connectivity index (χ0) is 16.9. The number of H-pyrrole nitrogens is 1. The Morgan fingerprint density at radius 2 is 2.04 bits per heavy atom. The number of hydrogen-bond donors (Lipinski definition) is 1. The molecule has 1 amide bonds. The van der Waals surface area contributed by atoms with Crippen LogP contribution in [-0.2, 0) is 11.2 Å². The second-order valence-corrected chi connectivity index (χ2v) is 7.74. The van der Waals surface area contributed by atoms with Crippen molar-refractivity contribution >= 4 is 6.09 Å². The van der Waals surface area contributed by atoms with Gasteiger partial charge in [-0.05, 0) is 46.5 Å². The van der Waals surface area contributed by atoms with E-state index in [1.54, 1.807) is 6.92 Å². The Kier molecular flexibility index (Phi) is 3.73. The minimum absolute atomic E-state index is 0.00158. The monoisotopic (exact) mass is 319 g/mol. The molecule has 0 saturated carbocycles. The van der Waals surface area contributed by atoms with Gasteiger partial charge in [-0.1, -0.05) is 6.92 Å². The van der Waals surface area contributed by atoms with Crippen molar-refractivity contribution in [3.8, 4) is 0 Å². The molecule has 0 unspecified atom stereocenters. The van der Waals surface area contributed by atoms with Gasteiger partial charge in [0.25, 0.3) is 5.56 Å². The van der Waals surface area contributed by atoms with Crippen LogP contribution in [0.3, 0.4) is 0 Å². The van der Waals surface area contributed by atoms with Crippen LogP contribution in [0.1, 0.15) is 63.7 Å². The summed E-state index contributed by atoms with van der Waals surface area (Å²) >= 11 is 0. The fourth-order valence-electron chi connectivity index (χ4n) is 3.72. The summed E-state index contributed by atoms with van der Waals surface area (Å²) in [7, 11) is 0. The topological polar surface area (TPSA) is 75.3 Å². The van der Waals surface area contributed by atoms with E-state index in [4.69, 9.17) is 4.74 Å². The Hall–Kier alpha value is -1.85. The minimum Gasteiger partial charge on any atom is -0.444 e. The molecule has 0 radical (unpaired) electrons. The molecule has 3 atom stereocenters. The number of carbonyl (C=O) groups excluding carboxylic acids is 1. The summed E-state index contributed by atoms with van der Waals surface area (Å²) in [5.74, 6) is 0.933. The maximum Gasteiger partial charge on any atom is 0.411 e. The summed E-state index contributed by atoms with van der Waals surface area (Å²) in [6, 6.07) is -0.155. The van der Waals surface area contributed by atoms with Crippen LogP contribution in [0.15, 0.2) is 4.79 Å². The van der Waals surface area contributed by atoms with Crippen molar-refractivity contribution in [1.82, 2.24) is 14.9 Å². The lowest BCUT2D eigenvalue weighted by Crippen LogP contribution is -2.55. The lowest BCUT2D eigenvalue weighted by Gasteiger charge is -2.48. The summed E-state index contributed by atoms with van der Waals surface area (Å²) in [6.07, 6.45) is 2.10. The molecular weight excluding hydrogens is 294 g/mol. The molecule has 0 aromatic carbocycles. The lowest BCUT2D eigenvalue weighted by atomic mass is 9.77. The van der Waals surface area contributed by atoms with E-state index in [1.807, 2.05) is 25.7 Å². The Labute approximate surface area is 136 Å². The van der Waals surface area contributed by atoms with Crippen molar-refractivity contribution < 1.29 is 9.53 Å². The highest BCUT2D eigenvalue weighted by Crippen LogP contribution is 2.43. The standard InChI is InChI=1S/C17H25N3O3/c1-9-6-7-12-14-11(15(21)19-10(2)18-14)8-13(9)20(12)16(22)23-17(3,4)5/h9,12-13H,6-8H2,1-5H3,(H,18,19,21)/t9-,12+,13+/m0/s1. The molecule has 23 heavy (non-hydrogen) atoms. The van der Waals surface area contributed by atoms with E-state index in [2.05, 4.69) is 16.9 Å². The van der Waals surface area contributed by atoms with Crippen LogP contribution in [0.2, 0.25) is 0 Å². The summed E-state index contributed by atoms with van der Waals surface area (Å²) in [5.41, 5.74) is 0.879. The molecule has 1 saturated heterocycles. The van der Waals surface area contributed by atoms with Gasteiger partial charge in [-0.15, -0.1) is 0 Å². The van der Waals surface area contributed by atoms with Gasteiger partial charge < -0.3 is 9.72 Å². The quantitative estimate of drug-likeness (QED) is 0.798. The molecule has 2 aliphatic heterocycles. The number of piperidine rings is 1. The molecule has 3 heterocycles. The normalized spacial score (nSPS) is 26.7. The lowest BCUT2D eigenvalue weighted by molar-refractivity contribution is -0.0227. The molecule has 1 aromatic rings. The molecule has 6 nitrogen and oxygen atoms in total. The van der Waals surface area contributed by atoms with E-state index in [0.717, 1.165) is 24.1 Å². The first-order valence-corrected chi connectivity index (χ1v) is 8.28. The molecule has 2 bridgehead atoms. The van der Waals surface area contributed by atoms with Gasteiger partial charge in [-0.2, -0.15) is 0 Å². The first kappa shape index (κ1) is 16.0. The molecule has 0 aliphatic carbocycles. The van der Waals surface area contributed by atoms with Crippen molar-refractivity contribution in [2.45, 2.75) is 71.6 Å². The smallest absolute Gasteiger partial charge is 0.411 e. The molecular formula is C17H25N3O3. The van der Waals surface area contributed by atoms with Crippen molar-refractivity contribution in [3.05, 3.63) is 27.4 Å². The van der Waals surface area contributed by atoms with E-state index >= 15 is 0 Å². The predicted molar refractivity (Wildman–Crippen MR) is 86.3 cm³/mol. The number of aromatic amines is 1. The number of carbonyl (C=O) groups is 1. The molecule has 126 valence electrons. The van der Waals surface area contributed by atoms with Crippen LogP contribution in [0.5, 0.6) is 0 Å². The van der Waals surface area contributed by atoms with Crippen LogP contribution in [0.25, 0.3) is 0 Å². The van der Waals surface area contributed by atoms with Crippen molar-refractivity contribution in [1.29, 1.82) is 0 Å².